The number of nitrogens with one attached hydrogen (secondary N) is 2. The molecule has 4 nitrogen and oxygen atoms in total. The number of aliphatic imine (C=N–C) groups is 1. The third-order valence-corrected chi connectivity index (χ3v) is 2.46. The van der Waals surface area contributed by atoms with Gasteiger partial charge in [0.2, 0.25) is 0 Å². The standard InChI is InChI=1S/C12H21N3O/c1-4-10(2)15-12(13-3)14-8-7-11-6-5-9-16-11/h5-6,9-10H,4,7-8H2,1-3H3,(H2,13,14,15). The summed E-state index contributed by atoms with van der Waals surface area (Å²) in [5.41, 5.74) is 0. The molecular weight excluding hydrogens is 202 g/mol. The molecule has 1 heterocycles. The molecule has 0 spiro atoms. The third kappa shape index (κ3) is 4.38. The van der Waals surface area contributed by atoms with E-state index < -0.39 is 0 Å². The van der Waals surface area contributed by atoms with E-state index in [4.69, 9.17) is 4.42 Å². The first-order chi connectivity index (χ1) is 7.76. The Bertz CT molecular complexity index is 306. The third-order valence-electron chi connectivity index (χ3n) is 2.46. The molecule has 4 heteroatoms. The van der Waals surface area contributed by atoms with Gasteiger partial charge in [-0.15, -0.1) is 0 Å². The van der Waals surface area contributed by atoms with Crippen LogP contribution in [0.2, 0.25) is 0 Å². The highest BCUT2D eigenvalue weighted by molar-refractivity contribution is 5.79. The number of furan rings is 1. The van der Waals surface area contributed by atoms with Gasteiger partial charge in [0.15, 0.2) is 5.96 Å². The molecule has 0 aromatic carbocycles. The highest BCUT2D eigenvalue weighted by Gasteiger charge is 2.02. The zero-order valence-electron chi connectivity index (χ0n) is 10.3. The Kier molecular flexibility index (Phi) is 5.46. The van der Waals surface area contributed by atoms with Gasteiger partial charge in [-0.05, 0) is 25.5 Å². The summed E-state index contributed by atoms with van der Waals surface area (Å²) >= 11 is 0. The average Bonchev–Trinajstić information content (AvgIpc) is 2.80. The van der Waals surface area contributed by atoms with Crippen molar-refractivity contribution in [1.82, 2.24) is 10.6 Å². The second-order valence-corrected chi connectivity index (χ2v) is 3.78. The van der Waals surface area contributed by atoms with Crippen LogP contribution in [-0.2, 0) is 6.42 Å². The van der Waals surface area contributed by atoms with Gasteiger partial charge in [0, 0.05) is 26.1 Å². The number of guanidine groups is 1. The van der Waals surface area contributed by atoms with Gasteiger partial charge in [0.05, 0.1) is 6.26 Å². The molecule has 2 N–H and O–H groups in total. The van der Waals surface area contributed by atoms with Crippen molar-refractivity contribution in [1.29, 1.82) is 0 Å². The van der Waals surface area contributed by atoms with Crippen molar-refractivity contribution in [2.75, 3.05) is 13.6 Å². The lowest BCUT2D eigenvalue weighted by Crippen LogP contribution is -2.42. The van der Waals surface area contributed by atoms with Crippen LogP contribution in [0.1, 0.15) is 26.0 Å². The normalized spacial score (nSPS) is 13.6. The van der Waals surface area contributed by atoms with E-state index in [9.17, 15) is 0 Å². The summed E-state index contributed by atoms with van der Waals surface area (Å²) < 4.78 is 5.25. The van der Waals surface area contributed by atoms with Crippen molar-refractivity contribution in [3.05, 3.63) is 24.2 Å². The lowest BCUT2D eigenvalue weighted by atomic mass is 10.3. The van der Waals surface area contributed by atoms with Crippen LogP contribution in [0.3, 0.4) is 0 Å². The molecule has 1 atom stereocenters. The Morgan fingerprint density at radius 2 is 2.38 bits per heavy atom. The van der Waals surface area contributed by atoms with Crippen molar-refractivity contribution in [2.24, 2.45) is 4.99 Å². The summed E-state index contributed by atoms with van der Waals surface area (Å²) in [5.74, 6) is 1.84. The van der Waals surface area contributed by atoms with Crippen LogP contribution in [0.15, 0.2) is 27.8 Å². The van der Waals surface area contributed by atoms with Crippen molar-refractivity contribution < 1.29 is 4.42 Å². The van der Waals surface area contributed by atoms with E-state index in [1.54, 1.807) is 13.3 Å². The Labute approximate surface area is 97.1 Å². The lowest BCUT2D eigenvalue weighted by Gasteiger charge is -2.15. The Morgan fingerprint density at radius 3 is 2.94 bits per heavy atom. The minimum Gasteiger partial charge on any atom is -0.469 e. The summed E-state index contributed by atoms with van der Waals surface area (Å²) in [4.78, 5) is 4.16. The maximum atomic E-state index is 5.25. The van der Waals surface area contributed by atoms with Gasteiger partial charge in [-0.3, -0.25) is 4.99 Å². The van der Waals surface area contributed by atoms with E-state index in [0.717, 1.165) is 31.1 Å². The van der Waals surface area contributed by atoms with Gasteiger partial charge in [0.25, 0.3) is 0 Å². The van der Waals surface area contributed by atoms with E-state index in [1.165, 1.54) is 0 Å². The van der Waals surface area contributed by atoms with Crippen molar-refractivity contribution in [3.63, 3.8) is 0 Å². The highest BCUT2D eigenvalue weighted by atomic mass is 16.3. The van der Waals surface area contributed by atoms with Gasteiger partial charge in [0.1, 0.15) is 5.76 Å². The summed E-state index contributed by atoms with van der Waals surface area (Å²) in [6.45, 7) is 5.11. The molecule has 0 bridgehead atoms. The number of hydrogen-bond acceptors (Lipinski definition) is 2. The molecule has 1 aromatic heterocycles. The van der Waals surface area contributed by atoms with Crippen molar-refractivity contribution in [2.45, 2.75) is 32.7 Å². The minimum absolute atomic E-state index is 0.440. The van der Waals surface area contributed by atoms with Gasteiger partial charge in [-0.2, -0.15) is 0 Å². The molecule has 0 saturated heterocycles. The molecule has 0 saturated carbocycles. The molecular formula is C12H21N3O. The molecule has 90 valence electrons. The molecule has 1 aromatic rings. The van der Waals surface area contributed by atoms with E-state index in [1.807, 2.05) is 12.1 Å². The van der Waals surface area contributed by atoms with E-state index in [0.29, 0.717) is 6.04 Å². The fourth-order valence-electron chi connectivity index (χ4n) is 1.29. The smallest absolute Gasteiger partial charge is 0.191 e. The van der Waals surface area contributed by atoms with Crippen LogP contribution in [0.5, 0.6) is 0 Å². The lowest BCUT2D eigenvalue weighted by molar-refractivity contribution is 0.506. The quantitative estimate of drug-likeness (QED) is 0.591. The summed E-state index contributed by atoms with van der Waals surface area (Å²) in [5, 5.41) is 6.56. The molecule has 1 rings (SSSR count). The summed E-state index contributed by atoms with van der Waals surface area (Å²) in [7, 11) is 1.78. The summed E-state index contributed by atoms with van der Waals surface area (Å²) in [6.07, 6.45) is 3.65. The van der Waals surface area contributed by atoms with Gasteiger partial charge < -0.3 is 15.1 Å². The Hall–Kier alpha value is -1.45. The summed E-state index contributed by atoms with van der Waals surface area (Å²) in [6, 6.07) is 4.32. The largest absolute Gasteiger partial charge is 0.469 e. The van der Waals surface area contributed by atoms with Gasteiger partial charge in [-0.25, -0.2) is 0 Å². The number of rotatable bonds is 5. The monoisotopic (exact) mass is 223 g/mol. The van der Waals surface area contributed by atoms with Crippen LogP contribution in [0.4, 0.5) is 0 Å². The first kappa shape index (κ1) is 12.6. The molecule has 0 aliphatic rings. The van der Waals surface area contributed by atoms with E-state index in [-0.39, 0.29) is 0 Å². The average molecular weight is 223 g/mol. The molecule has 1 unspecified atom stereocenters. The second kappa shape index (κ2) is 6.93. The van der Waals surface area contributed by atoms with Gasteiger partial charge in [-0.1, -0.05) is 6.92 Å². The number of nitrogens with zero attached hydrogens (tertiary/aromatic N) is 1. The zero-order chi connectivity index (χ0) is 11.8. The van der Waals surface area contributed by atoms with Crippen LogP contribution < -0.4 is 10.6 Å². The molecule has 0 aliphatic carbocycles. The minimum atomic E-state index is 0.440. The first-order valence-corrected chi connectivity index (χ1v) is 5.75. The predicted octanol–water partition coefficient (Wildman–Crippen LogP) is 1.79. The highest BCUT2D eigenvalue weighted by Crippen LogP contribution is 1.99. The van der Waals surface area contributed by atoms with Crippen LogP contribution in [0, 0.1) is 0 Å². The van der Waals surface area contributed by atoms with E-state index >= 15 is 0 Å². The van der Waals surface area contributed by atoms with Crippen LogP contribution >= 0.6 is 0 Å². The fourth-order valence-corrected chi connectivity index (χ4v) is 1.29. The van der Waals surface area contributed by atoms with Crippen molar-refractivity contribution in [3.8, 4) is 0 Å². The van der Waals surface area contributed by atoms with Crippen LogP contribution in [0.25, 0.3) is 0 Å². The Balaban J connectivity index is 2.24. The molecule has 0 radical (unpaired) electrons. The first-order valence-electron chi connectivity index (χ1n) is 5.75. The zero-order valence-corrected chi connectivity index (χ0v) is 10.3. The van der Waals surface area contributed by atoms with Gasteiger partial charge >= 0.3 is 0 Å². The van der Waals surface area contributed by atoms with Crippen molar-refractivity contribution >= 4 is 5.96 Å². The SMILES string of the molecule is CCC(C)NC(=NC)NCCc1ccco1. The van der Waals surface area contributed by atoms with E-state index in [2.05, 4.69) is 29.5 Å². The second-order valence-electron chi connectivity index (χ2n) is 3.78. The van der Waals surface area contributed by atoms with Crippen LogP contribution in [-0.4, -0.2) is 25.6 Å². The number of hydrogen-bond donors (Lipinski definition) is 2. The fraction of sp³-hybridized carbons (Fsp3) is 0.583. The Morgan fingerprint density at radius 1 is 1.56 bits per heavy atom. The molecule has 0 aliphatic heterocycles. The topological polar surface area (TPSA) is 49.6 Å². The predicted molar refractivity (Wildman–Crippen MR) is 66.7 cm³/mol. The maximum absolute atomic E-state index is 5.25. The molecule has 0 amide bonds. The molecule has 0 fully saturated rings. The molecule has 16 heavy (non-hydrogen) atoms. The maximum Gasteiger partial charge on any atom is 0.191 e.